The first-order valence-electron chi connectivity index (χ1n) is 4.52. The molecule has 0 fully saturated rings. The molecule has 0 spiro atoms. The summed E-state index contributed by atoms with van der Waals surface area (Å²) in [5, 5.41) is 8.84. The highest BCUT2D eigenvalue weighted by molar-refractivity contribution is 6.30. The first kappa shape index (κ1) is 12.3. The molecule has 1 aromatic rings. The zero-order chi connectivity index (χ0) is 12.0. The molecular formula is C10H9ClN2O3. The van der Waals surface area contributed by atoms with E-state index in [0.29, 0.717) is 0 Å². The SMILES string of the molecule is CCOC(=O)COc1ccnc(Cl)c1C#N. The van der Waals surface area contributed by atoms with E-state index in [1.165, 1.54) is 12.3 Å². The number of pyridine rings is 1. The number of aromatic nitrogens is 1. The van der Waals surface area contributed by atoms with Gasteiger partial charge in [-0.1, -0.05) is 11.6 Å². The number of esters is 1. The van der Waals surface area contributed by atoms with Crippen LogP contribution >= 0.6 is 11.6 Å². The van der Waals surface area contributed by atoms with Crippen LogP contribution in [0.15, 0.2) is 12.3 Å². The summed E-state index contributed by atoms with van der Waals surface area (Å²) in [6, 6.07) is 3.31. The lowest BCUT2D eigenvalue weighted by Gasteiger charge is -2.07. The number of carbonyl (C=O) groups excluding carboxylic acids is 1. The van der Waals surface area contributed by atoms with Crippen molar-refractivity contribution in [2.75, 3.05) is 13.2 Å². The molecule has 1 aromatic heterocycles. The van der Waals surface area contributed by atoms with Crippen molar-refractivity contribution in [1.82, 2.24) is 4.98 Å². The maximum Gasteiger partial charge on any atom is 0.344 e. The Bertz CT molecular complexity index is 429. The minimum Gasteiger partial charge on any atom is -0.480 e. The van der Waals surface area contributed by atoms with E-state index in [1.807, 2.05) is 6.07 Å². The summed E-state index contributed by atoms with van der Waals surface area (Å²) in [6.45, 7) is 1.72. The van der Waals surface area contributed by atoms with Crippen molar-refractivity contribution in [3.8, 4) is 11.8 Å². The van der Waals surface area contributed by atoms with E-state index in [4.69, 9.17) is 21.6 Å². The number of ether oxygens (including phenoxy) is 2. The van der Waals surface area contributed by atoms with Gasteiger partial charge in [0.25, 0.3) is 0 Å². The average Bonchev–Trinajstić information content (AvgIpc) is 2.27. The third kappa shape index (κ3) is 3.11. The van der Waals surface area contributed by atoms with Crippen LogP contribution in [-0.2, 0) is 9.53 Å². The highest BCUT2D eigenvalue weighted by Crippen LogP contribution is 2.22. The van der Waals surface area contributed by atoms with Crippen LogP contribution in [0.1, 0.15) is 12.5 Å². The Morgan fingerprint density at radius 2 is 2.44 bits per heavy atom. The summed E-state index contributed by atoms with van der Waals surface area (Å²) in [5.41, 5.74) is 0.105. The summed E-state index contributed by atoms with van der Waals surface area (Å²) < 4.78 is 9.77. The molecule has 84 valence electrons. The fourth-order valence-corrected chi connectivity index (χ4v) is 1.17. The summed E-state index contributed by atoms with van der Waals surface area (Å²) in [7, 11) is 0. The maximum absolute atomic E-state index is 11.0. The van der Waals surface area contributed by atoms with Crippen molar-refractivity contribution in [1.29, 1.82) is 5.26 Å². The van der Waals surface area contributed by atoms with Gasteiger partial charge in [-0.3, -0.25) is 0 Å². The Labute approximate surface area is 97.6 Å². The third-order valence-corrected chi connectivity index (χ3v) is 1.92. The largest absolute Gasteiger partial charge is 0.480 e. The van der Waals surface area contributed by atoms with Crippen LogP contribution in [0.4, 0.5) is 0 Å². The number of nitrogens with zero attached hydrogens (tertiary/aromatic N) is 2. The van der Waals surface area contributed by atoms with Gasteiger partial charge in [0.15, 0.2) is 11.8 Å². The van der Waals surface area contributed by atoms with Gasteiger partial charge in [0.05, 0.1) is 6.61 Å². The quantitative estimate of drug-likeness (QED) is 0.590. The topological polar surface area (TPSA) is 72.2 Å². The normalized spacial score (nSPS) is 9.31. The molecule has 16 heavy (non-hydrogen) atoms. The van der Waals surface area contributed by atoms with Gasteiger partial charge in [0, 0.05) is 6.20 Å². The van der Waals surface area contributed by atoms with Gasteiger partial charge in [-0.05, 0) is 13.0 Å². The van der Waals surface area contributed by atoms with E-state index in [2.05, 4.69) is 9.72 Å². The predicted octanol–water partition coefficient (Wildman–Crippen LogP) is 1.55. The van der Waals surface area contributed by atoms with Crippen LogP contribution in [0.5, 0.6) is 5.75 Å². The second-order valence-electron chi connectivity index (χ2n) is 2.68. The second kappa shape index (κ2) is 5.93. The summed E-state index contributed by atoms with van der Waals surface area (Å²) in [4.78, 5) is 14.7. The van der Waals surface area contributed by atoms with E-state index in [0.717, 1.165) is 0 Å². The number of nitriles is 1. The molecule has 6 heteroatoms. The van der Waals surface area contributed by atoms with E-state index >= 15 is 0 Å². The molecule has 0 saturated heterocycles. The highest BCUT2D eigenvalue weighted by atomic mass is 35.5. The number of carbonyl (C=O) groups is 1. The molecule has 1 heterocycles. The molecule has 0 amide bonds. The molecule has 0 N–H and O–H groups in total. The molecule has 0 unspecified atom stereocenters. The number of hydrogen-bond donors (Lipinski definition) is 0. The molecule has 0 atom stereocenters. The van der Waals surface area contributed by atoms with Crippen LogP contribution in [0.25, 0.3) is 0 Å². The smallest absolute Gasteiger partial charge is 0.344 e. The molecule has 0 aliphatic rings. The van der Waals surface area contributed by atoms with E-state index in [-0.39, 0.29) is 29.7 Å². The van der Waals surface area contributed by atoms with Crippen molar-refractivity contribution in [3.63, 3.8) is 0 Å². The van der Waals surface area contributed by atoms with E-state index in [9.17, 15) is 4.79 Å². The molecule has 0 aromatic carbocycles. The van der Waals surface area contributed by atoms with Crippen LogP contribution in [-0.4, -0.2) is 24.2 Å². The third-order valence-electron chi connectivity index (χ3n) is 1.63. The number of hydrogen-bond acceptors (Lipinski definition) is 5. The van der Waals surface area contributed by atoms with Crippen LogP contribution in [0.2, 0.25) is 5.15 Å². The molecule has 1 rings (SSSR count). The van der Waals surface area contributed by atoms with Gasteiger partial charge in [-0.25, -0.2) is 9.78 Å². The maximum atomic E-state index is 11.0. The van der Waals surface area contributed by atoms with E-state index < -0.39 is 5.97 Å². The Hall–Kier alpha value is -1.80. The zero-order valence-corrected chi connectivity index (χ0v) is 9.32. The Morgan fingerprint density at radius 3 is 3.06 bits per heavy atom. The van der Waals surface area contributed by atoms with Crippen LogP contribution in [0.3, 0.4) is 0 Å². The van der Waals surface area contributed by atoms with Gasteiger partial charge < -0.3 is 9.47 Å². The predicted molar refractivity (Wildman–Crippen MR) is 56.1 cm³/mol. The van der Waals surface area contributed by atoms with Crippen molar-refractivity contribution in [3.05, 3.63) is 23.0 Å². The number of rotatable bonds is 4. The van der Waals surface area contributed by atoms with Crippen molar-refractivity contribution >= 4 is 17.6 Å². The van der Waals surface area contributed by atoms with Crippen LogP contribution < -0.4 is 4.74 Å². The summed E-state index contributed by atoms with van der Waals surface area (Å²) in [6.07, 6.45) is 1.39. The van der Waals surface area contributed by atoms with E-state index in [1.54, 1.807) is 6.92 Å². The van der Waals surface area contributed by atoms with Gasteiger partial charge in [-0.15, -0.1) is 0 Å². The van der Waals surface area contributed by atoms with Gasteiger partial charge in [-0.2, -0.15) is 5.26 Å². The molecule has 5 nitrogen and oxygen atoms in total. The molecular weight excluding hydrogens is 232 g/mol. The highest BCUT2D eigenvalue weighted by Gasteiger charge is 2.10. The lowest BCUT2D eigenvalue weighted by Crippen LogP contribution is -2.15. The van der Waals surface area contributed by atoms with Gasteiger partial charge >= 0.3 is 5.97 Å². The molecule has 0 radical (unpaired) electrons. The van der Waals surface area contributed by atoms with Gasteiger partial charge in [0.2, 0.25) is 0 Å². The zero-order valence-electron chi connectivity index (χ0n) is 8.57. The average molecular weight is 241 g/mol. The second-order valence-corrected chi connectivity index (χ2v) is 3.04. The lowest BCUT2D eigenvalue weighted by atomic mass is 10.3. The lowest BCUT2D eigenvalue weighted by molar-refractivity contribution is -0.145. The van der Waals surface area contributed by atoms with Crippen LogP contribution in [0, 0.1) is 11.3 Å². The minimum absolute atomic E-state index is 0.0452. The van der Waals surface area contributed by atoms with Crippen molar-refractivity contribution in [2.24, 2.45) is 0 Å². The van der Waals surface area contributed by atoms with Crippen molar-refractivity contribution < 1.29 is 14.3 Å². The summed E-state index contributed by atoms with van der Waals surface area (Å²) in [5.74, 6) is -0.283. The first-order chi connectivity index (χ1) is 7.69. The Kier molecular flexibility index (Phi) is 4.55. The Balaban J connectivity index is 2.71. The molecule has 0 saturated carbocycles. The fraction of sp³-hybridized carbons (Fsp3) is 0.300. The standard InChI is InChI=1S/C10H9ClN2O3/c1-2-15-9(14)6-16-8-3-4-13-10(11)7(8)5-12/h3-4H,2,6H2,1H3. The monoisotopic (exact) mass is 240 g/mol. The Morgan fingerprint density at radius 1 is 1.69 bits per heavy atom. The molecule has 0 aliphatic heterocycles. The first-order valence-corrected chi connectivity index (χ1v) is 4.89. The fourth-order valence-electron chi connectivity index (χ4n) is 0.981. The molecule has 0 aliphatic carbocycles. The number of halogens is 1. The van der Waals surface area contributed by atoms with Gasteiger partial charge in [0.1, 0.15) is 17.4 Å². The van der Waals surface area contributed by atoms with Crippen molar-refractivity contribution in [2.45, 2.75) is 6.92 Å². The molecule has 0 bridgehead atoms. The minimum atomic E-state index is -0.501. The summed E-state index contributed by atoms with van der Waals surface area (Å²) >= 11 is 5.68.